The first kappa shape index (κ1) is 14.7. The first-order chi connectivity index (χ1) is 9.76. The van der Waals surface area contributed by atoms with E-state index in [1.165, 1.54) is 30.1 Å². The topological polar surface area (TPSA) is 139 Å². The summed E-state index contributed by atoms with van der Waals surface area (Å²) < 4.78 is 25.7. The van der Waals surface area contributed by atoms with Crippen LogP contribution in [0.1, 0.15) is 0 Å². The molecule has 0 unspecified atom stereocenters. The molecule has 0 atom stereocenters. The third-order valence-corrected chi connectivity index (χ3v) is 2.97. The van der Waals surface area contributed by atoms with Gasteiger partial charge in [0.1, 0.15) is 0 Å². The molecule has 0 aliphatic carbocycles. The zero-order valence-corrected chi connectivity index (χ0v) is 11.9. The van der Waals surface area contributed by atoms with E-state index in [1.54, 1.807) is 0 Å². The monoisotopic (exact) mass is 312 g/mol. The smallest absolute Gasteiger partial charge is 0.410 e. The third kappa shape index (κ3) is 3.66. The highest BCUT2D eigenvalue weighted by Crippen LogP contribution is 2.24. The van der Waals surface area contributed by atoms with Crippen molar-refractivity contribution in [3.05, 3.63) is 18.3 Å². The van der Waals surface area contributed by atoms with Crippen LogP contribution in [-0.2, 0) is 17.1 Å². The van der Waals surface area contributed by atoms with Gasteiger partial charge in [-0.2, -0.15) is 0 Å². The number of carbonyl (C=O) groups is 1. The van der Waals surface area contributed by atoms with E-state index in [2.05, 4.69) is 25.3 Å². The van der Waals surface area contributed by atoms with Gasteiger partial charge in [-0.25, -0.2) is 17.9 Å². The lowest BCUT2D eigenvalue weighted by molar-refractivity contribution is 0.209. The number of nitrogens with one attached hydrogen (secondary N) is 2. The lowest BCUT2D eigenvalue weighted by atomic mass is 10.2. The minimum atomic E-state index is -3.39. The molecule has 2 aromatic heterocycles. The van der Waals surface area contributed by atoms with Gasteiger partial charge in [0.05, 0.1) is 23.8 Å². The molecule has 2 rings (SSSR count). The highest BCUT2D eigenvalue weighted by molar-refractivity contribution is 7.92. The molecular weight excluding hydrogens is 300 g/mol. The molecule has 11 heteroatoms. The van der Waals surface area contributed by atoms with Gasteiger partial charge in [-0.15, -0.1) is 5.10 Å². The summed E-state index contributed by atoms with van der Waals surface area (Å²) in [5.41, 5.74) is 0.884. The second-order valence-corrected chi connectivity index (χ2v) is 5.90. The molecule has 0 aliphatic rings. The standard InChI is InChI=1S/C10H12N6O4S/c1-16-9(12-10(17)18)8(13-15-16)7-4-3-6(5-11-7)14-21(2,19)20/h3-5,12,14H,1-2H3,(H,17,18). The number of amides is 1. The average molecular weight is 312 g/mol. The predicted molar refractivity (Wildman–Crippen MR) is 74.3 cm³/mol. The Hall–Kier alpha value is -2.69. The zero-order valence-electron chi connectivity index (χ0n) is 11.1. The van der Waals surface area contributed by atoms with Crippen LogP contribution in [0, 0.1) is 0 Å². The molecule has 0 saturated carbocycles. The molecule has 0 fully saturated rings. The van der Waals surface area contributed by atoms with Gasteiger partial charge in [0.25, 0.3) is 0 Å². The van der Waals surface area contributed by atoms with E-state index >= 15 is 0 Å². The molecule has 0 saturated heterocycles. The SMILES string of the molecule is Cn1nnc(-c2ccc(NS(C)(=O)=O)cn2)c1NC(=O)O. The highest BCUT2D eigenvalue weighted by atomic mass is 32.2. The van der Waals surface area contributed by atoms with Crippen LogP contribution in [0.2, 0.25) is 0 Å². The quantitative estimate of drug-likeness (QED) is 0.739. The van der Waals surface area contributed by atoms with Crippen LogP contribution in [0.15, 0.2) is 18.3 Å². The molecule has 112 valence electrons. The molecule has 0 radical (unpaired) electrons. The number of nitrogens with zero attached hydrogens (tertiary/aromatic N) is 4. The first-order valence-corrected chi connectivity index (χ1v) is 7.49. The molecule has 0 aliphatic heterocycles. The summed E-state index contributed by atoms with van der Waals surface area (Å²) in [5.74, 6) is 0.166. The number of aromatic nitrogens is 4. The fraction of sp³-hybridized carbons (Fsp3) is 0.200. The number of sulfonamides is 1. The lowest BCUT2D eigenvalue weighted by Crippen LogP contribution is -2.12. The van der Waals surface area contributed by atoms with Gasteiger partial charge in [0, 0.05) is 7.05 Å². The number of aryl methyl sites for hydroxylation is 1. The number of pyridine rings is 1. The van der Waals surface area contributed by atoms with Crippen molar-refractivity contribution in [1.82, 2.24) is 20.0 Å². The summed E-state index contributed by atoms with van der Waals surface area (Å²) in [7, 11) is -1.86. The number of carboxylic acid groups (broad SMARTS) is 1. The highest BCUT2D eigenvalue weighted by Gasteiger charge is 2.16. The number of rotatable bonds is 4. The fourth-order valence-corrected chi connectivity index (χ4v) is 2.13. The minimum absolute atomic E-state index is 0.166. The largest absolute Gasteiger partial charge is 0.465 e. The average Bonchev–Trinajstić information content (AvgIpc) is 2.70. The van der Waals surface area contributed by atoms with Crippen molar-refractivity contribution in [2.45, 2.75) is 0 Å². The third-order valence-electron chi connectivity index (χ3n) is 2.36. The Morgan fingerprint density at radius 3 is 2.62 bits per heavy atom. The van der Waals surface area contributed by atoms with Crippen molar-refractivity contribution in [1.29, 1.82) is 0 Å². The molecular formula is C10H12N6O4S. The van der Waals surface area contributed by atoms with E-state index in [4.69, 9.17) is 5.11 Å². The Morgan fingerprint density at radius 2 is 2.10 bits per heavy atom. The Labute approximate surface area is 119 Å². The normalized spacial score (nSPS) is 11.1. The maximum absolute atomic E-state index is 11.1. The molecule has 2 heterocycles. The maximum atomic E-state index is 11.1. The number of hydrogen-bond acceptors (Lipinski definition) is 6. The summed E-state index contributed by atoms with van der Waals surface area (Å²) >= 11 is 0. The van der Waals surface area contributed by atoms with Crippen molar-refractivity contribution >= 4 is 27.6 Å². The van der Waals surface area contributed by atoms with Crippen LogP contribution in [0.4, 0.5) is 16.3 Å². The van der Waals surface area contributed by atoms with Crippen LogP contribution in [0.25, 0.3) is 11.4 Å². The molecule has 21 heavy (non-hydrogen) atoms. The minimum Gasteiger partial charge on any atom is -0.465 e. The van der Waals surface area contributed by atoms with Gasteiger partial charge in [-0.1, -0.05) is 5.21 Å². The number of anilines is 2. The van der Waals surface area contributed by atoms with Crippen molar-refractivity contribution in [3.8, 4) is 11.4 Å². The van der Waals surface area contributed by atoms with Gasteiger partial charge >= 0.3 is 6.09 Å². The van der Waals surface area contributed by atoms with Crippen molar-refractivity contribution < 1.29 is 18.3 Å². The van der Waals surface area contributed by atoms with E-state index in [9.17, 15) is 13.2 Å². The molecule has 1 amide bonds. The van der Waals surface area contributed by atoms with Gasteiger partial charge in [0.15, 0.2) is 11.5 Å². The van der Waals surface area contributed by atoms with Crippen molar-refractivity contribution in [3.63, 3.8) is 0 Å². The Bertz CT molecular complexity index is 767. The molecule has 0 spiro atoms. The lowest BCUT2D eigenvalue weighted by Gasteiger charge is -2.05. The molecule has 2 aromatic rings. The van der Waals surface area contributed by atoms with Crippen LogP contribution < -0.4 is 10.0 Å². The second-order valence-electron chi connectivity index (χ2n) is 4.15. The van der Waals surface area contributed by atoms with E-state index in [-0.39, 0.29) is 17.2 Å². The van der Waals surface area contributed by atoms with Gasteiger partial charge < -0.3 is 5.11 Å². The summed E-state index contributed by atoms with van der Waals surface area (Å²) in [5, 5.41) is 18.5. The van der Waals surface area contributed by atoms with E-state index in [1.807, 2.05) is 0 Å². The molecule has 0 aromatic carbocycles. The van der Waals surface area contributed by atoms with E-state index in [0.717, 1.165) is 6.26 Å². The molecule has 0 bridgehead atoms. The van der Waals surface area contributed by atoms with Crippen molar-refractivity contribution in [2.75, 3.05) is 16.3 Å². The Balaban J connectivity index is 2.33. The van der Waals surface area contributed by atoms with Crippen LogP contribution >= 0.6 is 0 Å². The summed E-state index contributed by atoms with van der Waals surface area (Å²) in [6.07, 6.45) is 1.07. The van der Waals surface area contributed by atoms with E-state index < -0.39 is 16.1 Å². The maximum Gasteiger partial charge on any atom is 0.410 e. The van der Waals surface area contributed by atoms with Gasteiger partial charge in [0.2, 0.25) is 10.0 Å². The Morgan fingerprint density at radius 1 is 1.38 bits per heavy atom. The first-order valence-electron chi connectivity index (χ1n) is 5.60. The summed E-state index contributed by atoms with van der Waals surface area (Å²) in [4.78, 5) is 14.8. The van der Waals surface area contributed by atoms with Crippen LogP contribution in [0.3, 0.4) is 0 Å². The van der Waals surface area contributed by atoms with Gasteiger partial charge in [-0.3, -0.25) is 15.0 Å². The summed E-state index contributed by atoms with van der Waals surface area (Å²) in [6, 6.07) is 2.99. The van der Waals surface area contributed by atoms with E-state index in [0.29, 0.717) is 5.69 Å². The Kier molecular flexibility index (Phi) is 3.76. The summed E-state index contributed by atoms with van der Waals surface area (Å²) in [6.45, 7) is 0. The zero-order chi connectivity index (χ0) is 15.6. The fourth-order valence-electron chi connectivity index (χ4n) is 1.58. The van der Waals surface area contributed by atoms with Gasteiger partial charge in [-0.05, 0) is 12.1 Å². The molecule has 3 N–H and O–H groups in total. The van der Waals surface area contributed by atoms with Crippen LogP contribution in [-0.4, -0.2) is 45.9 Å². The van der Waals surface area contributed by atoms with Crippen molar-refractivity contribution in [2.24, 2.45) is 7.05 Å². The molecule has 10 nitrogen and oxygen atoms in total. The number of hydrogen-bond donors (Lipinski definition) is 3. The predicted octanol–water partition coefficient (Wildman–Crippen LogP) is 0.339. The second kappa shape index (κ2) is 5.36. The van der Waals surface area contributed by atoms with Crippen LogP contribution in [0.5, 0.6) is 0 Å².